The summed E-state index contributed by atoms with van der Waals surface area (Å²) in [7, 11) is 0. The van der Waals surface area contributed by atoms with Crippen LogP contribution in [0.1, 0.15) is 25.0 Å². The van der Waals surface area contributed by atoms with Crippen molar-refractivity contribution in [3.8, 4) is 5.75 Å². The Morgan fingerprint density at radius 3 is 2.92 bits per heavy atom. The summed E-state index contributed by atoms with van der Waals surface area (Å²) in [6, 6.07) is 5.72. The van der Waals surface area contributed by atoms with Crippen LogP contribution < -0.4 is 9.64 Å². The van der Waals surface area contributed by atoms with E-state index in [1.54, 1.807) is 6.20 Å². The van der Waals surface area contributed by atoms with Crippen LogP contribution in [-0.2, 0) is 11.2 Å². The highest BCUT2D eigenvalue weighted by molar-refractivity contribution is 5.78. The number of pyridine rings is 1. The molecule has 7 nitrogen and oxygen atoms in total. The molecule has 4 heterocycles. The zero-order valence-corrected chi connectivity index (χ0v) is 14.2. The van der Waals surface area contributed by atoms with Crippen molar-refractivity contribution >= 4 is 11.7 Å². The molecule has 2 fully saturated rings. The second kappa shape index (κ2) is 7.13. The first kappa shape index (κ1) is 15.9. The summed E-state index contributed by atoms with van der Waals surface area (Å²) in [5, 5.41) is 6.73. The molecule has 2 saturated heterocycles. The molecule has 0 aromatic carbocycles. The molecular formula is C18H23N5O2. The lowest BCUT2D eigenvalue weighted by atomic mass is 10.3. The maximum absolute atomic E-state index is 12.4. The topological polar surface area (TPSA) is 74.3 Å². The molecule has 2 aliphatic rings. The number of nitrogens with zero attached hydrogens (tertiary/aromatic N) is 4. The van der Waals surface area contributed by atoms with Crippen LogP contribution in [-0.4, -0.2) is 58.3 Å². The maximum atomic E-state index is 12.4. The molecule has 0 bridgehead atoms. The van der Waals surface area contributed by atoms with Gasteiger partial charge in [-0.05, 0) is 31.0 Å². The Balaban J connectivity index is 1.37. The van der Waals surface area contributed by atoms with Crippen molar-refractivity contribution in [3.05, 3.63) is 36.3 Å². The van der Waals surface area contributed by atoms with E-state index >= 15 is 0 Å². The summed E-state index contributed by atoms with van der Waals surface area (Å²) in [6.07, 6.45) is 7.12. The number of hydrogen-bond donors (Lipinski definition) is 1. The first-order valence-electron chi connectivity index (χ1n) is 8.92. The summed E-state index contributed by atoms with van der Waals surface area (Å²) in [6.45, 7) is 3.43. The quantitative estimate of drug-likeness (QED) is 0.895. The van der Waals surface area contributed by atoms with Crippen molar-refractivity contribution in [1.29, 1.82) is 0 Å². The first-order chi connectivity index (χ1) is 12.3. The van der Waals surface area contributed by atoms with Crippen molar-refractivity contribution in [2.24, 2.45) is 0 Å². The lowest BCUT2D eigenvalue weighted by Crippen LogP contribution is -2.32. The van der Waals surface area contributed by atoms with E-state index in [9.17, 15) is 4.79 Å². The number of carbonyl (C=O) groups excluding carboxylic acids is 1. The van der Waals surface area contributed by atoms with Crippen molar-refractivity contribution in [2.75, 3.05) is 31.1 Å². The lowest BCUT2D eigenvalue weighted by molar-refractivity contribution is -0.129. The Morgan fingerprint density at radius 2 is 2.12 bits per heavy atom. The minimum atomic E-state index is 0.0243. The maximum Gasteiger partial charge on any atom is 0.228 e. The van der Waals surface area contributed by atoms with Gasteiger partial charge in [0.25, 0.3) is 0 Å². The van der Waals surface area contributed by atoms with Crippen LogP contribution in [0.3, 0.4) is 0 Å². The van der Waals surface area contributed by atoms with E-state index < -0.39 is 0 Å². The number of nitrogens with one attached hydrogen (secondary N) is 1. The van der Waals surface area contributed by atoms with E-state index in [1.165, 1.54) is 12.8 Å². The minimum Gasteiger partial charge on any atom is -0.485 e. The number of hydrogen-bond acceptors (Lipinski definition) is 5. The third kappa shape index (κ3) is 3.60. The molecule has 7 heteroatoms. The highest BCUT2D eigenvalue weighted by atomic mass is 16.5. The highest BCUT2D eigenvalue weighted by Gasteiger charge is 2.29. The number of rotatable bonds is 5. The number of ether oxygens (including phenoxy) is 1. The number of carbonyl (C=O) groups is 1. The second-order valence-electron chi connectivity index (χ2n) is 6.65. The fraction of sp³-hybridized carbons (Fsp3) is 0.500. The van der Waals surface area contributed by atoms with Crippen LogP contribution in [0.15, 0.2) is 30.6 Å². The van der Waals surface area contributed by atoms with Gasteiger partial charge >= 0.3 is 0 Å². The summed E-state index contributed by atoms with van der Waals surface area (Å²) in [5.41, 5.74) is 0.845. The van der Waals surface area contributed by atoms with Crippen LogP contribution in [0.4, 0.5) is 5.82 Å². The summed E-state index contributed by atoms with van der Waals surface area (Å²) in [5.74, 6) is 1.88. The molecule has 132 valence electrons. The molecule has 1 atom stereocenters. The molecule has 4 rings (SSSR count). The van der Waals surface area contributed by atoms with Gasteiger partial charge in [-0.25, -0.2) is 4.98 Å². The van der Waals surface area contributed by atoms with Crippen LogP contribution in [0.25, 0.3) is 0 Å². The van der Waals surface area contributed by atoms with Crippen LogP contribution in [0.2, 0.25) is 0 Å². The lowest BCUT2D eigenvalue weighted by Gasteiger charge is -2.22. The monoisotopic (exact) mass is 341 g/mol. The van der Waals surface area contributed by atoms with Gasteiger partial charge in [-0.1, -0.05) is 0 Å². The van der Waals surface area contributed by atoms with E-state index in [0.717, 1.165) is 43.3 Å². The molecular weight excluding hydrogens is 318 g/mol. The fourth-order valence-corrected chi connectivity index (χ4v) is 3.53. The van der Waals surface area contributed by atoms with Gasteiger partial charge in [0.2, 0.25) is 5.91 Å². The zero-order chi connectivity index (χ0) is 17.1. The molecule has 1 amide bonds. The van der Waals surface area contributed by atoms with E-state index in [-0.39, 0.29) is 12.0 Å². The van der Waals surface area contributed by atoms with Crippen molar-refractivity contribution in [3.63, 3.8) is 0 Å². The summed E-state index contributed by atoms with van der Waals surface area (Å²) in [4.78, 5) is 21.1. The van der Waals surface area contributed by atoms with Crippen LogP contribution in [0.5, 0.6) is 5.75 Å². The van der Waals surface area contributed by atoms with Gasteiger partial charge in [0.15, 0.2) is 11.6 Å². The predicted octanol–water partition coefficient (Wildman–Crippen LogP) is 1.63. The van der Waals surface area contributed by atoms with Gasteiger partial charge in [0, 0.05) is 44.1 Å². The van der Waals surface area contributed by atoms with E-state index in [2.05, 4.69) is 20.1 Å². The normalized spacial score (nSPS) is 20.2. The largest absolute Gasteiger partial charge is 0.485 e. The fourth-order valence-electron chi connectivity index (χ4n) is 3.53. The molecule has 1 N–H and O–H groups in total. The van der Waals surface area contributed by atoms with E-state index in [0.29, 0.717) is 13.0 Å². The number of aromatic amines is 1. The molecule has 0 unspecified atom stereocenters. The smallest absolute Gasteiger partial charge is 0.228 e. The number of aromatic nitrogens is 3. The van der Waals surface area contributed by atoms with Gasteiger partial charge in [-0.3, -0.25) is 9.89 Å². The average Bonchev–Trinajstić information content (AvgIpc) is 3.38. The van der Waals surface area contributed by atoms with Crippen LogP contribution in [0, 0.1) is 0 Å². The van der Waals surface area contributed by atoms with Gasteiger partial charge in [0.05, 0.1) is 13.0 Å². The second-order valence-corrected chi connectivity index (χ2v) is 6.65. The summed E-state index contributed by atoms with van der Waals surface area (Å²) >= 11 is 0. The third-order valence-corrected chi connectivity index (χ3v) is 4.85. The standard InChI is InChI=1S/C18H23N5O2/c24-17(12-14-5-8-20-21-14)23-11-6-15(13-23)25-16-4-3-7-19-18(16)22-9-1-2-10-22/h3-5,7-8,15H,1-2,6,9-13H2,(H,20,21)/t15-/m1/s1. The van der Waals surface area contributed by atoms with Gasteiger partial charge in [0.1, 0.15) is 6.10 Å². The molecule has 0 radical (unpaired) electrons. The number of likely N-dealkylation sites (tertiary alicyclic amines) is 1. The molecule has 0 saturated carbocycles. The molecule has 2 aliphatic heterocycles. The molecule has 25 heavy (non-hydrogen) atoms. The molecule has 2 aromatic heterocycles. The van der Waals surface area contributed by atoms with Gasteiger partial charge < -0.3 is 14.5 Å². The Hall–Kier alpha value is -2.57. The summed E-state index contributed by atoms with van der Waals surface area (Å²) < 4.78 is 6.22. The number of H-pyrrole nitrogens is 1. The Labute approximate surface area is 147 Å². The number of anilines is 1. The van der Waals surface area contributed by atoms with Crippen LogP contribution >= 0.6 is 0 Å². The van der Waals surface area contributed by atoms with Crippen molar-refractivity contribution in [2.45, 2.75) is 31.8 Å². The highest BCUT2D eigenvalue weighted by Crippen LogP contribution is 2.30. The Bertz CT molecular complexity index is 712. The SMILES string of the molecule is O=C(Cc1ccn[nH]1)N1CC[C@@H](Oc2cccnc2N2CCCC2)C1. The zero-order valence-electron chi connectivity index (χ0n) is 14.2. The van der Waals surface area contributed by atoms with Crippen molar-refractivity contribution in [1.82, 2.24) is 20.1 Å². The minimum absolute atomic E-state index is 0.0243. The van der Waals surface area contributed by atoms with E-state index in [4.69, 9.17) is 4.74 Å². The van der Waals surface area contributed by atoms with Crippen molar-refractivity contribution < 1.29 is 9.53 Å². The third-order valence-electron chi connectivity index (χ3n) is 4.85. The Kier molecular flexibility index (Phi) is 4.54. The molecule has 0 aliphatic carbocycles. The predicted molar refractivity (Wildman–Crippen MR) is 93.6 cm³/mol. The first-order valence-corrected chi connectivity index (χ1v) is 8.92. The van der Waals surface area contributed by atoms with Gasteiger partial charge in [-0.15, -0.1) is 0 Å². The van der Waals surface area contributed by atoms with Gasteiger partial charge in [-0.2, -0.15) is 5.10 Å². The van der Waals surface area contributed by atoms with E-state index in [1.807, 2.05) is 29.3 Å². The molecule has 0 spiro atoms. The number of amides is 1. The average molecular weight is 341 g/mol. The molecule has 2 aromatic rings. The Morgan fingerprint density at radius 1 is 1.24 bits per heavy atom.